The van der Waals surface area contributed by atoms with Crippen LogP contribution in [0.5, 0.6) is 0 Å². The van der Waals surface area contributed by atoms with Gasteiger partial charge in [-0.2, -0.15) is 0 Å². The Kier molecular flexibility index (Phi) is 4.74. The molecule has 20 heavy (non-hydrogen) atoms. The van der Waals surface area contributed by atoms with Gasteiger partial charge in [0.05, 0.1) is 6.04 Å². The molecule has 2 nitrogen and oxygen atoms in total. The second-order valence-electron chi connectivity index (χ2n) is 5.32. The average molecular weight is 272 g/mol. The highest BCUT2D eigenvalue weighted by molar-refractivity contribution is 5.46. The number of nitrogens with one attached hydrogen (secondary N) is 1. The zero-order valence-electron chi connectivity index (χ0n) is 12.2. The molecule has 0 radical (unpaired) electrons. The number of nitrogens with zero attached hydrogens (tertiary/aromatic N) is 1. The minimum atomic E-state index is -0.170. The van der Waals surface area contributed by atoms with Crippen molar-refractivity contribution in [2.45, 2.75) is 19.5 Å². The molecule has 0 saturated heterocycles. The van der Waals surface area contributed by atoms with Crippen LogP contribution >= 0.6 is 0 Å². The lowest BCUT2D eigenvalue weighted by Crippen LogP contribution is -2.11. The van der Waals surface area contributed by atoms with Gasteiger partial charge in [-0.1, -0.05) is 30.3 Å². The first-order valence-corrected chi connectivity index (χ1v) is 6.81. The molecule has 0 heterocycles. The molecule has 0 spiro atoms. The van der Waals surface area contributed by atoms with Crippen LogP contribution in [0, 0.1) is 5.82 Å². The summed E-state index contributed by atoms with van der Waals surface area (Å²) in [5.74, 6) is -0.170. The van der Waals surface area contributed by atoms with E-state index in [-0.39, 0.29) is 11.9 Å². The minimum Gasteiger partial charge on any atom is -0.378 e. The first-order valence-electron chi connectivity index (χ1n) is 6.81. The van der Waals surface area contributed by atoms with Crippen LogP contribution in [0.15, 0.2) is 48.5 Å². The molecule has 106 valence electrons. The molecule has 0 aliphatic carbocycles. The van der Waals surface area contributed by atoms with Crippen LogP contribution in [0.3, 0.4) is 0 Å². The standard InChI is InChI=1S/C17H21FN2/c1-13(16-6-4-5-7-17(16)18)19-15-10-8-14(9-11-15)12-20(2)3/h4-11,13,19H,12H2,1-3H3. The van der Waals surface area contributed by atoms with Crippen LogP contribution in [0.2, 0.25) is 0 Å². The first kappa shape index (κ1) is 14.5. The Morgan fingerprint density at radius 3 is 2.30 bits per heavy atom. The van der Waals surface area contributed by atoms with Gasteiger partial charge in [0.1, 0.15) is 5.82 Å². The summed E-state index contributed by atoms with van der Waals surface area (Å²) in [5, 5.41) is 3.33. The molecule has 1 atom stereocenters. The summed E-state index contributed by atoms with van der Waals surface area (Å²) in [6.45, 7) is 2.88. The molecule has 0 aliphatic rings. The summed E-state index contributed by atoms with van der Waals surface area (Å²) in [4.78, 5) is 2.13. The fourth-order valence-electron chi connectivity index (χ4n) is 2.23. The quantitative estimate of drug-likeness (QED) is 0.883. The van der Waals surface area contributed by atoms with Crippen molar-refractivity contribution in [1.82, 2.24) is 4.90 Å². The van der Waals surface area contributed by atoms with Crippen molar-refractivity contribution in [3.05, 3.63) is 65.5 Å². The highest BCUT2D eigenvalue weighted by atomic mass is 19.1. The third kappa shape index (κ3) is 3.81. The lowest BCUT2D eigenvalue weighted by molar-refractivity contribution is 0.402. The lowest BCUT2D eigenvalue weighted by Gasteiger charge is -2.17. The zero-order chi connectivity index (χ0) is 14.5. The molecule has 2 aromatic rings. The predicted molar refractivity (Wildman–Crippen MR) is 82.3 cm³/mol. The number of hydrogen-bond acceptors (Lipinski definition) is 2. The summed E-state index contributed by atoms with van der Waals surface area (Å²) in [6.07, 6.45) is 0. The molecule has 3 heteroatoms. The third-order valence-electron chi connectivity index (χ3n) is 3.21. The summed E-state index contributed by atoms with van der Waals surface area (Å²) < 4.78 is 13.7. The second-order valence-corrected chi connectivity index (χ2v) is 5.32. The van der Waals surface area contributed by atoms with E-state index in [0.717, 1.165) is 12.2 Å². The molecule has 2 aromatic carbocycles. The maximum Gasteiger partial charge on any atom is 0.128 e. The highest BCUT2D eigenvalue weighted by Gasteiger charge is 2.09. The van der Waals surface area contributed by atoms with Gasteiger partial charge in [0.15, 0.2) is 0 Å². The number of anilines is 1. The topological polar surface area (TPSA) is 15.3 Å². The molecular weight excluding hydrogens is 251 g/mol. The first-order chi connectivity index (χ1) is 9.56. The molecule has 0 saturated carbocycles. The molecule has 1 N–H and O–H groups in total. The van der Waals surface area contributed by atoms with Crippen LogP contribution in [-0.4, -0.2) is 19.0 Å². The van der Waals surface area contributed by atoms with Crippen molar-refractivity contribution < 1.29 is 4.39 Å². The fourth-order valence-corrected chi connectivity index (χ4v) is 2.23. The van der Waals surface area contributed by atoms with Crippen molar-refractivity contribution >= 4 is 5.69 Å². The predicted octanol–water partition coefficient (Wildman–Crippen LogP) is 4.06. The van der Waals surface area contributed by atoms with Crippen molar-refractivity contribution in [1.29, 1.82) is 0 Å². The Bertz CT molecular complexity index is 549. The molecule has 2 rings (SSSR count). The van der Waals surface area contributed by atoms with Crippen LogP contribution < -0.4 is 5.32 Å². The molecular formula is C17H21FN2. The Morgan fingerprint density at radius 1 is 1.05 bits per heavy atom. The highest BCUT2D eigenvalue weighted by Crippen LogP contribution is 2.21. The van der Waals surface area contributed by atoms with E-state index in [9.17, 15) is 4.39 Å². The van der Waals surface area contributed by atoms with Crippen LogP contribution in [0.4, 0.5) is 10.1 Å². The number of rotatable bonds is 5. The largest absolute Gasteiger partial charge is 0.378 e. The van der Waals surface area contributed by atoms with Crippen molar-refractivity contribution in [2.24, 2.45) is 0 Å². The number of benzene rings is 2. The van der Waals surface area contributed by atoms with E-state index in [2.05, 4.69) is 22.3 Å². The summed E-state index contributed by atoms with van der Waals surface area (Å²) in [7, 11) is 4.10. The summed E-state index contributed by atoms with van der Waals surface area (Å²) >= 11 is 0. The molecule has 1 unspecified atom stereocenters. The van der Waals surface area contributed by atoms with E-state index < -0.39 is 0 Å². The van der Waals surface area contributed by atoms with E-state index in [1.807, 2.05) is 45.3 Å². The Hall–Kier alpha value is -1.87. The smallest absolute Gasteiger partial charge is 0.128 e. The summed E-state index contributed by atoms with van der Waals surface area (Å²) in [6, 6.07) is 15.1. The Balaban J connectivity index is 2.05. The van der Waals surface area contributed by atoms with Crippen molar-refractivity contribution in [2.75, 3.05) is 19.4 Å². The monoisotopic (exact) mass is 272 g/mol. The maximum atomic E-state index is 13.7. The maximum absolute atomic E-state index is 13.7. The number of hydrogen-bond donors (Lipinski definition) is 1. The Morgan fingerprint density at radius 2 is 1.70 bits per heavy atom. The van der Waals surface area contributed by atoms with Gasteiger partial charge in [-0.05, 0) is 44.8 Å². The van der Waals surface area contributed by atoms with Gasteiger partial charge in [-0.25, -0.2) is 4.39 Å². The fraction of sp³-hybridized carbons (Fsp3) is 0.294. The molecule has 0 aliphatic heterocycles. The molecule has 0 fully saturated rings. The van der Waals surface area contributed by atoms with E-state index in [4.69, 9.17) is 0 Å². The van der Waals surface area contributed by atoms with Gasteiger partial charge >= 0.3 is 0 Å². The Labute approximate surface area is 120 Å². The molecule has 0 bridgehead atoms. The van der Waals surface area contributed by atoms with Gasteiger partial charge < -0.3 is 10.2 Å². The van der Waals surface area contributed by atoms with E-state index in [1.165, 1.54) is 11.6 Å². The summed E-state index contributed by atoms with van der Waals surface area (Å²) in [5.41, 5.74) is 2.95. The van der Waals surface area contributed by atoms with Crippen molar-refractivity contribution in [3.63, 3.8) is 0 Å². The molecule has 0 amide bonds. The van der Waals surface area contributed by atoms with Crippen LogP contribution in [-0.2, 0) is 6.54 Å². The lowest BCUT2D eigenvalue weighted by atomic mass is 10.1. The number of halogens is 1. The van der Waals surface area contributed by atoms with Crippen LogP contribution in [0.1, 0.15) is 24.1 Å². The van der Waals surface area contributed by atoms with Gasteiger partial charge in [0.25, 0.3) is 0 Å². The second kappa shape index (κ2) is 6.53. The van der Waals surface area contributed by atoms with E-state index >= 15 is 0 Å². The normalized spacial score (nSPS) is 12.4. The van der Waals surface area contributed by atoms with E-state index in [0.29, 0.717) is 5.56 Å². The minimum absolute atomic E-state index is 0.0594. The SMILES string of the molecule is CC(Nc1ccc(CN(C)C)cc1)c1ccccc1F. The molecule has 0 aromatic heterocycles. The van der Waals surface area contributed by atoms with Crippen molar-refractivity contribution in [3.8, 4) is 0 Å². The van der Waals surface area contributed by atoms with Gasteiger partial charge in [-0.3, -0.25) is 0 Å². The van der Waals surface area contributed by atoms with Gasteiger partial charge in [0, 0.05) is 17.8 Å². The third-order valence-corrected chi connectivity index (χ3v) is 3.21. The average Bonchev–Trinajstić information content (AvgIpc) is 2.41. The van der Waals surface area contributed by atoms with Gasteiger partial charge in [-0.15, -0.1) is 0 Å². The zero-order valence-corrected chi connectivity index (χ0v) is 12.2. The van der Waals surface area contributed by atoms with Gasteiger partial charge in [0.2, 0.25) is 0 Å². The van der Waals surface area contributed by atoms with E-state index in [1.54, 1.807) is 6.07 Å². The van der Waals surface area contributed by atoms with Crippen LogP contribution in [0.25, 0.3) is 0 Å².